The number of carbonyl (C=O) groups is 1. The number of oxime groups is 1. The summed E-state index contributed by atoms with van der Waals surface area (Å²) in [6, 6.07) is 10.4. The molecule has 0 spiro atoms. The Morgan fingerprint density at radius 1 is 1.24 bits per heavy atom. The minimum atomic E-state index is -0.318. The molecular weight excluding hydrogens is 459 g/mol. The highest BCUT2D eigenvalue weighted by Gasteiger charge is 2.09. The van der Waals surface area contributed by atoms with Crippen molar-refractivity contribution in [2.24, 2.45) is 5.16 Å². The summed E-state index contributed by atoms with van der Waals surface area (Å²) in [4.78, 5) is 16.8. The second-order valence-corrected chi connectivity index (χ2v) is 6.40. The average molecular weight is 475 g/mol. The molecule has 2 aromatic rings. The molecule has 8 heteroatoms. The molecule has 0 bridgehead atoms. The van der Waals surface area contributed by atoms with Crippen LogP contribution in [0.5, 0.6) is 11.5 Å². The molecule has 0 aliphatic carbocycles. The van der Waals surface area contributed by atoms with Gasteiger partial charge in [0, 0.05) is 16.3 Å². The molecule has 1 amide bonds. The largest absolute Gasteiger partial charge is 0.493 e. The molecule has 2 aromatic carbocycles. The molecule has 0 unspecified atom stereocenters. The van der Waals surface area contributed by atoms with Gasteiger partial charge in [0.2, 0.25) is 0 Å². The van der Waals surface area contributed by atoms with Gasteiger partial charge in [-0.15, -0.1) is 0 Å². The summed E-state index contributed by atoms with van der Waals surface area (Å²) >= 11 is 7.93. The molecule has 0 aliphatic rings. The highest BCUT2D eigenvalue weighted by molar-refractivity contribution is 14.1. The Hall–Kier alpha value is -2.00. The number of methoxy groups -OCH3 is 2. The zero-order chi connectivity index (χ0) is 18.2. The lowest BCUT2D eigenvalue weighted by Gasteiger charge is -2.10. The Morgan fingerprint density at radius 2 is 1.96 bits per heavy atom. The van der Waals surface area contributed by atoms with Gasteiger partial charge in [0.15, 0.2) is 18.1 Å². The van der Waals surface area contributed by atoms with Gasteiger partial charge < -0.3 is 19.6 Å². The smallest absolute Gasteiger partial charge is 0.265 e. The summed E-state index contributed by atoms with van der Waals surface area (Å²) in [7, 11) is 3.14. The van der Waals surface area contributed by atoms with Gasteiger partial charge in [-0.25, -0.2) is 0 Å². The van der Waals surface area contributed by atoms with Gasteiger partial charge >= 0.3 is 0 Å². The van der Waals surface area contributed by atoms with Crippen LogP contribution in [-0.2, 0) is 9.63 Å². The predicted molar refractivity (Wildman–Crippen MR) is 106 cm³/mol. The number of halogens is 2. The van der Waals surface area contributed by atoms with Crippen LogP contribution in [-0.4, -0.2) is 32.9 Å². The van der Waals surface area contributed by atoms with Crippen molar-refractivity contribution in [2.75, 3.05) is 26.1 Å². The Labute approximate surface area is 164 Å². The topological polar surface area (TPSA) is 69.2 Å². The number of nitrogens with one attached hydrogen (secondary N) is 1. The number of amides is 1. The van der Waals surface area contributed by atoms with Gasteiger partial charge in [0.1, 0.15) is 0 Å². The van der Waals surface area contributed by atoms with Crippen LogP contribution in [0.4, 0.5) is 5.69 Å². The summed E-state index contributed by atoms with van der Waals surface area (Å²) < 4.78 is 11.4. The number of benzene rings is 2. The average Bonchev–Trinajstić information content (AvgIpc) is 2.60. The zero-order valence-corrected chi connectivity index (χ0v) is 16.5. The highest BCUT2D eigenvalue weighted by atomic mass is 127. The van der Waals surface area contributed by atoms with Gasteiger partial charge in [-0.2, -0.15) is 0 Å². The predicted octanol–water partition coefficient (Wildman–Crippen LogP) is 3.95. The van der Waals surface area contributed by atoms with Crippen LogP contribution in [0.2, 0.25) is 5.02 Å². The normalized spacial score (nSPS) is 10.6. The fourth-order valence-electron chi connectivity index (χ4n) is 1.94. The first-order chi connectivity index (χ1) is 12.0. The molecule has 25 heavy (non-hydrogen) atoms. The lowest BCUT2D eigenvalue weighted by atomic mass is 10.2. The maximum atomic E-state index is 11.8. The third-order valence-electron chi connectivity index (χ3n) is 3.06. The van der Waals surface area contributed by atoms with Crippen molar-refractivity contribution in [3.05, 3.63) is 50.6 Å². The van der Waals surface area contributed by atoms with Crippen LogP contribution in [0.15, 0.2) is 41.6 Å². The molecule has 0 aromatic heterocycles. The molecule has 1 N–H and O–H groups in total. The minimum Gasteiger partial charge on any atom is -0.493 e. The standard InChI is InChI=1S/C17H16ClIN2O4/c1-23-15-8-11(7-14(19)17(15)24-2)9-20-25-10-16(22)21-13-5-3-12(18)4-6-13/h3-9H,10H2,1-2H3,(H,21,22). The summed E-state index contributed by atoms with van der Waals surface area (Å²) in [5, 5.41) is 7.08. The highest BCUT2D eigenvalue weighted by Crippen LogP contribution is 2.33. The molecule has 0 heterocycles. The fourth-order valence-corrected chi connectivity index (χ4v) is 2.91. The van der Waals surface area contributed by atoms with Crippen LogP contribution < -0.4 is 14.8 Å². The number of hydrogen-bond acceptors (Lipinski definition) is 5. The van der Waals surface area contributed by atoms with Crippen molar-refractivity contribution in [2.45, 2.75) is 0 Å². The first-order valence-corrected chi connectivity index (χ1v) is 8.61. The third-order valence-corrected chi connectivity index (χ3v) is 4.11. The van der Waals surface area contributed by atoms with E-state index in [0.717, 1.165) is 9.13 Å². The van der Waals surface area contributed by atoms with Crippen molar-refractivity contribution >= 4 is 52.0 Å². The zero-order valence-electron chi connectivity index (χ0n) is 13.6. The van der Waals surface area contributed by atoms with Crippen molar-refractivity contribution < 1.29 is 19.1 Å². The van der Waals surface area contributed by atoms with Crippen LogP contribution in [0.25, 0.3) is 0 Å². The van der Waals surface area contributed by atoms with Crippen LogP contribution >= 0.6 is 34.2 Å². The summed E-state index contributed by atoms with van der Waals surface area (Å²) in [5.41, 5.74) is 1.40. The van der Waals surface area contributed by atoms with Crippen molar-refractivity contribution in [1.82, 2.24) is 0 Å². The van der Waals surface area contributed by atoms with E-state index in [4.69, 9.17) is 25.9 Å². The van der Waals surface area contributed by atoms with E-state index >= 15 is 0 Å². The molecule has 2 rings (SSSR count). The number of anilines is 1. The molecule has 0 fully saturated rings. The minimum absolute atomic E-state index is 0.205. The second kappa shape index (κ2) is 9.47. The maximum absolute atomic E-state index is 11.8. The lowest BCUT2D eigenvalue weighted by Crippen LogP contribution is -2.16. The first-order valence-electron chi connectivity index (χ1n) is 7.15. The summed E-state index contributed by atoms with van der Waals surface area (Å²) in [5.74, 6) is 0.932. The van der Waals surface area contributed by atoms with E-state index < -0.39 is 0 Å². The van der Waals surface area contributed by atoms with Gasteiger partial charge in [-0.05, 0) is 59.0 Å². The molecular formula is C17H16ClIN2O4. The molecule has 0 radical (unpaired) electrons. The Kier molecular flexibility index (Phi) is 7.32. The second-order valence-electron chi connectivity index (χ2n) is 4.80. The molecule has 6 nitrogen and oxygen atoms in total. The Morgan fingerprint density at radius 3 is 2.60 bits per heavy atom. The third kappa shape index (κ3) is 5.79. The Bertz CT molecular complexity index is 766. The molecule has 0 saturated heterocycles. The van der Waals surface area contributed by atoms with Gasteiger partial charge in [0.05, 0.1) is 24.0 Å². The van der Waals surface area contributed by atoms with Crippen LogP contribution in [0.3, 0.4) is 0 Å². The van der Waals surface area contributed by atoms with Crippen molar-refractivity contribution in [3.8, 4) is 11.5 Å². The summed E-state index contributed by atoms with van der Waals surface area (Å²) in [6.45, 7) is -0.205. The molecule has 0 aliphatic heterocycles. The van der Waals surface area contributed by atoms with Gasteiger partial charge in [-0.1, -0.05) is 16.8 Å². The number of nitrogens with zero attached hydrogens (tertiary/aromatic N) is 1. The van der Waals surface area contributed by atoms with Crippen LogP contribution in [0.1, 0.15) is 5.56 Å². The fraction of sp³-hybridized carbons (Fsp3) is 0.176. The molecule has 132 valence electrons. The van der Waals surface area contributed by atoms with Crippen molar-refractivity contribution in [1.29, 1.82) is 0 Å². The number of hydrogen-bond donors (Lipinski definition) is 1. The van der Waals surface area contributed by atoms with Crippen molar-refractivity contribution in [3.63, 3.8) is 0 Å². The van der Waals surface area contributed by atoms with Gasteiger partial charge in [0.25, 0.3) is 5.91 Å². The number of carbonyl (C=O) groups excluding carboxylic acids is 1. The quantitative estimate of drug-likeness (QED) is 0.375. The van der Waals surface area contributed by atoms with E-state index in [1.165, 1.54) is 6.21 Å². The van der Waals surface area contributed by atoms with E-state index in [1.54, 1.807) is 44.6 Å². The van der Waals surface area contributed by atoms with E-state index in [2.05, 4.69) is 33.1 Å². The summed E-state index contributed by atoms with van der Waals surface area (Å²) in [6.07, 6.45) is 1.50. The molecule has 0 atom stereocenters. The van der Waals surface area contributed by atoms with Gasteiger partial charge in [-0.3, -0.25) is 4.79 Å². The Balaban J connectivity index is 1.89. The monoisotopic (exact) mass is 474 g/mol. The lowest BCUT2D eigenvalue weighted by molar-refractivity contribution is -0.120. The SMILES string of the molecule is COc1cc(C=NOCC(=O)Nc2ccc(Cl)cc2)cc(I)c1OC. The number of ether oxygens (including phenoxy) is 2. The van der Waals surface area contributed by atoms with E-state index in [9.17, 15) is 4.79 Å². The number of rotatable bonds is 7. The van der Waals surface area contributed by atoms with E-state index in [0.29, 0.717) is 22.2 Å². The van der Waals surface area contributed by atoms with E-state index in [1.807, 2.05) is 6.07 Å². The van der Waals surface area contributed by atoms with Crippen LogP contribution in [0, 0.1) is 3.57 Å². The maximum Gasteiger partial charge on any atom is 0.265 e. The van der Waals surface area contributed by atoms with E-state index in [-0.39, 0.29) is 12.5 Å². The molecule has 0 saturated carbocycles. The first kappa shape index (κ1) is 19.3.